The molecule has 2 aromatic rings. The number of ether oxygens (including phenoxy) is 1. The molecular formula is C25H34N3O3+. The predicted octanol–water partition coefficient (Wildman–Crippen LogP) is 2.26. The van der Waals surface area contributed by atoms with Crippen molar-refractivity contribution in [2.75, 3.05) is 44.6 Å². The number of carbonyl (C=O) groups excluding carboxylic acids is 2. The van der Waals surface area contributed by atoms with Crippen LogP contribution in [0, 0.1) is 5.92 Å². The van der Waals surface area contributed by atoms with E-state index in [1.54, 1.807) is 0 Å². The van der Waals surface area contributed by atoms with Gasteiger partial charge in [0.1, 0.15) is 5.75 Å². The average Bonchev–Trinajstić information content (AvgIpc) is 2.78. The topological polar surface area (TPSA) is 63.1 Å². The Morgan fingerprint density at radius 1 is 1.06 bits per heavy atom. The van der Waals surface area contributed by atoms with E-state index in [4.69, 9.17) is 4.74 Å². The van der Waals surface area contributed by atoms with E-state index in [0.717, 1.165) is 36.5 Å². The lowest BCUT2D eigenvalue weighted by atomic mass is 10.1. The molecule has 0 bridgehead atoms. The summed E-state index contributed by atoms with van der Waals surface area (Å²) in [7, 11) is 0. The number of hydrogen-bond donors (Lipinski definition) is 2. The molecule has 31 heavy (non-hydrogen) atoms. The minimum atomic E-state index is 0.0210. The molecule has 0 radical (unpaired) electrons. The second kappa shape index (κ2) is 11.0. The van der Waals surface area contributed by atoms with Gasteiger partial charge in [-0.1, -0.05) is 39.0 Å². The molecule has 3 rings (SSSR count). The van der Waals surface area contributed by atoms with E-state index in [2.05, 4.69) is 26.1 Å². The summed E-state index contributed by atoms with van der Waals surface area (Å²) in [4.78, 5) is 28.4. The van der Waals surface area contributed by atoms with Crippen LogP contribution in [-0.2, 0) is 11.2 Å². The second-order valence-corrected chi connectivity index (χ2v) is 8.51. The van der Waals surface area contributed by atoms with Crippen LogP contribution in [0.2, 0.25) is 0 Å². The number of para-hydroxylation sites is 1. The summed E-state index contributed by atoms with van der Waals surface area (Å²) in [5.74, 6) is 1.31. The molecule has 0 aromatic heterocycles. The Balaban J connectivity index is 1.46. The number of aryl methyl sites for hydroxylation is 1. The standard InChI is InChI=1S/C25H33N3O3/c1-4-20-7-5-6-8-23(20)26-24(29)17-27-13-15-28(16-14-27)25(30)21-9-11-22(12-10-21)31-18-19(2)3/h5-12,19H,4,13-18H2,1-3H3,(H,26,29)/p+1. The number of benzene rings is 2. The normalized spacial score (nSPS) is 14.5. The maximum absolute atomic E-state index is 12.8. The van der Waals surface area contributed by atoms with E-state index in [-0.39, 0.29) is 11.8 Å². The van der Waals surface area contributed by atoms with Crippen LogP contribution in [0.4, 0.5) is 5.69 Å². The van der Waals surface area contributed by atoms with Gasteiger partial charge in [-0.3, -0.25) is 9.59 Å². The largest absolute Gasteiger partial charge is 0.493 e. The lowest BCUT2D eigenvalue weighted by molar-refractivity contribution is -0.895. The van der Waals surface area contributed by atoms with Gasteiger partial charge in [-0.25, -0.2) is 0 Å². The zero-order valence-corrected chi connectivity index (χ0v) is 18.8. The molecule has 1 fully saturated rings. The Labute approximate surface area is 185 Å². The molecule has 0 saturated carbocycles. The number of quaternary nitrogens is 1. The summed E-state index contributed by atoms with van der Waals surface area (Å²) >= 11 is 0. The van der Waals surface area contributed by atoms with Gasteiger partial charge in [-0.2, -0.15) is 0 Å². The highest BCUT2D eigenvalue weighted by Gasteiger charge is 2.26. The molecule has 1 aliphatic heterocycles. The zero-order valence-electron chi connectivity index (χ0n) is 18.8. The molecule has 6 nitrogen and oxygen atoms in total. The average molecular weight is 425 g/mol. The molecule has 0 spiro atoms. The third-order valence-corrected chi connectivity index (χ3v) is 5.53. The van der Waals surface area contributed by atoms with Crippen molar-refractivity contribution in [3.05, 3.63) is 59.7 Å². The molecular weight excluding hydrogens is 390 g/mol. The van der Waals surface area contributed by atoms with E-state index in [9.17, 15) is 9.59 Å². The summed E-state index contributed by atoms with van der Waals surface area (Å²) in [5, 5.41) is 3.04. The first-order chi connectivity index (χ1) is 15.0. The van der Waals surface area contributed by atoms with E-state index in [1.807, 2.05) is 53.4 Å². The van der Waals surface area contributed by atoms with Crippen molar-refractivity contribution in [1.29, 1.82) is 0 Å². The molecule has 2 aromatic carbocycles. The SMILES string of the molecule is CCc1ccccc1NC(=O)C[NH+]1CCN(C(=O)c2ccc(OCC(C)C)cc2)CC1. The van der Waals surface area contributed by atoms with Gasteiger partial charge in [0, 0.05) is 11.3 Å². The van der Waals surface area contributed by atoms with Crippen molar-refractivity contribution < 1.29 is 19.2 Å². The van der Waals surface area contributed by atoms with Gasteiger partial charge in [-0.15, -0.1) is 0 Å². The van der Waals surface area contributed by atoms with E-state index in [1.165, 1.54) is 4.90 Å². The molecule has 2 N–H and O–H groups in total. The first-order valence-electron chi connectivity index (χ1n) is 11.2. The molecule has 2 amide bonds. The monoisotopic (exact) mass is 424 g/mol. The number of carbonyl (C=O) groups is 2. The molecule has 0 atom stereocenters. The molecule has 1 heterocycles. The minimum Gasteiger partial charge on any atom is -0.493 e. The van der Waals surface area contributed by atoms with Crippen LogP contribution < -0.4 is 15.0 Å². The van der Waals surface area contributed by atoms with Crippen molar-refractivity contribution in [3.63, 3.8) is 0 Å². The first kappa shape index (κ1) is 22.8. The highest BCUT2D eigenvalue weighted by Crippen LogP contribution is 2.16. The number of nitrogens with zero attached hydrogens (tertiary/aromatic N) is 1. The van der Waals surface area contributed by atoms with Crippen LogP contribution >= 0.6 is 0 Å². The van der Waals surface area contributed by atoms with Gasteiger partial charge in [-0.05, 0) is 48.2 Å². The third-order valence-electron chi connectivity index (χ3n) is 5.53. The fraction of sp³-hybridized carbons (Fsp3) is 0.440. The molecule has 0 aliphatic carbocycles. The number of nitrogens with one attached hydrogen (secondary N) is 2. The molecule has 0 unspecified atom stereocenters. The number of anilines is 1. The Morgan fingerprint density at radius 3 is 2.39 bits per heavy atom. The van der Waals surface area contributed by atoms with E-state index < -0.39 is 0 Å². The van der Waals surface area contributed by atoms with Gasteiger partial charge in [0.2, 0.25) is 0 Å². The van der Waals surface area contributed by atoms with Gasteiger partial charge < -0.3 is 19.9 Å². The number of piperazine rings is 1. The van der Waals surface area contributed by atoms with Gasteiger partial charge in [0.15, 0.2) is 6.54 Å². The van der Waals surface area contributed by atoms with Gasteiger partial charge in [0.25, 0.3) is 11.8 Å². The molecule has 1 aliphatic rings. The maximum atomic E-state index is 12.8. The summed E-state index contributed by atoms with van der Waals surface area (Å²) in [6.07, 6.45) is 0.884. The third kappa shape index (κ3) is 6.56. The predicted molar refractivity (Wildman–Crippen MR) is 123 cm³/mol. The van der Waals surface area contributed by atoms with Gasteiger partial charge >= 0.3 is 0 Å². The maximum Gasteiger partial charge on any atom is 0.279 e. The lowest BCUT2D eigenvalue weighted by Crippen LogP contribution is -3.15. The second-order valence-electron chi connectivity index (χ2n) is 8.51. The summed E-state index contributed by atoms with van der Waals surface area (Å²) in [6.45, 7) is 10.2. The molecule has 6 heteroatoms. The smallest absolute Gasteiger partial charge is 0.279 e. The first-order valence-corrected chi connectivity index (χ1v) is 11.2. The van der Waals surface area contributed by atoms with Crippen molar-refractivity contribution in [1.82, 2.24) is 4.90 Å². The Hall–Kier alpha value is -2.86. The van der Waals surface area contributed by atoms with Crippen LogP contribution in [0.15, 0.2) is 48.5 Å². The summed E-state index contributed by atoms with van der Waals surface area (Å²) in [5.41, 5.74) is 2.71. The van der Waals surface area contributed by atoms with Crippen LogP contribution in [0.25, 0.3) is 0 Å². The Kier molecular flexibility index (Phi) is 8.06. The number of rotatable bonds is 8. The Morgan fingerprint density at radius 2 is 1.74 bits per heavy atom. The minimum absolute atomic E-state index is 0.0210. The van der Waals surface area contributed by atoms with Crippen LogP contribution in [0.1, 0.15) is 36.7 Å². The van der Waals surface area contributed by atoms with Crippen LogP contribution in [0.5, 0.6) is 5.75 Å². The van der Waals surface area contributed by atoms with Crippen molar-refractivity contribution in [2.45, 2.75) is 27.2 Å². The van der Waals surface area contributed by atoms with E-state index in [0.29, 0.717) is 37.7 Å². The quantitative estimate of drug-likeness (QED) is 0.683. The summed E-state index contributed by atoms with van der Waals surface area (Å²) in [6, 6.07) is 15.3. The highest BCUT2D eigenvalue weighted by atomic mass is 16.5. The van der Waals surface area contributed by atoms with Gasteiger partial charge in [0.05, 0.1) is 32.8 Å². The number of hydrogen-bond acceptors (Lipinski definition) is 3. The summed E-state index contributed by atoms with van der Waals surface area (Å²) < 4.78 is 5.69. The van der Waals surface area contributed by atoms with E-state index >= 15 is 0 Å². The van der Waals surface area contributed by atoms with Crippen molar-refractivity contribution >= 4 is 17.5 Å². The number of amides is 2. The highest BCUT2D eigenvalue weighted by molar-refractivity contribution is 5.94. The van der Waals surface area contributed by atoms with Crippen LogP contribution in [0.3, 0.4) is 0 Å². The van der Waals surface area contributed by atoms with Crippen molar-refractivity contribution in [2.24, 2.45) is 5.92 Å². The molecule has 166 valence electrons. The Bertz CT molecular complexity index is 872. The molecule has 1 saturated heterocycles. The fourth-order valence-corrected chi connectivity index (χ4v) is 3.71. The lowest BCUT2D eigenvalue weighted by Gasteiger charge is -2.32. The van der Waals surface area contributed by atoms with Crippen molar-refractivity contribution in [3.8, 4) is 5.75 Å². The fourth-order valence-electron chi connectivity index (χ4n) is 3.71. The van der Waals surface area contributed by atoms with Crippen LogP contribution in [-0.4, -0.2) is 56.0 Å². The zero-order chi connectivity index (χ0) is 22.2.